The average Bonchev–Trinajstić information content (AvgIpc) is 3.46. The fraction of sp³-hybridized carbons (Fsp3) is 0.308. The number of benzene rings is 1. The molecule has 0 spiro atoms. The molecule has 0 radical (unpaired) electrons. The molecule has 192 valence electrons. The first-order valence-corrected chi connectivity index (χ1v) is 11.7. The van der Waals surface area contributed by atoms with Gasteiger partial charge in [0.2, 0.25) is 0 Å². The van der Waals surface area contributed by atoms with E-state index < -0.39 is 11.9 Å². The Labute approximate surface area is 210 Å². The first-order valence-electron chi connectivity index (χ1n) is 11.7. The molecule has 1 aromatic carbocycles. The van der Waals surface area contributed by atoms with E-state index in [1.54, 1.807) is 41.0 Å². The zero-order valence-corrected chi connectivity index (χ0v) is 20.6. The van der Waals surface area contributed by atoms with Crippen LogP contribution >= 0.6 is 0 Å². The zero-order valence-electron chi connectivity index (χ0n) is 20.6. The van der Waals surface area contributed by atoms with Crippen LogP contribution in [0.3, 0.4) is 0 Å². The van der Waals surface area contributed by atoms with Crippen molar-refractivity contribution in [2.45, 2.75) is 32.6 Å². The van der Waals surface area contributed by atoms with E-state index in [1.807, 2.05) is 19.1 Å². The van der Waals surface area contributed by atoms with Crippen molar-refractivity contribution in [3.05, 3.63) is 88.4 Å². The van der Waals surface area contributed by atoms with Gasteiger partial charge < -0.3 is 9.32 Å². The summed E-state index contributed by atoms with van der Waals surface area (Å²) in [6, 6.07) is 7.25. The second-order valence-electron chi connectivity index (χ2n) is 9.07. The summed E-state index contributed by atoms with van der Waals surface area (Å²) in [6.07, 6.45) is 1.98. The third-order valence-electron chi connectivity index (χ3n) is 6.38. The molecular weight excluding hydrogens is 485 g/mol. The summed E-state index contributed by atoms with van der Waals surface area (Å²) in [5.74, 6) is -0.247. The van der Waals surface area contributed by atoms with Gasteiger partial charge in [-0.25, -0.2) is 4.99 Å². The van der Waals surface area contributed by atoms with Crippen LogP contribution in [0.1, 0.15) is 38.4 Å². The van der Waals surface area contributed by atoms with Crippen molar-refractivity contribution in [3.63, 3.8) is 0 Å². The molecule has 0 aliphatic carbocycles. The van der Waals surface area contributed by atoms with Crippen LogP contribution in [-0.2, 0) is 32.7 Å². The lowest BCUT2D eigenvalue weighted by atomic mass is 9.88. The van der Waals surface area contributed by atoms with E-state index in [4.69, 9.17) is 4.42 Å². The largest absolute Gasteiger partial charge is 0.435 e. The van der Waals surface area contributed by atoms with Crippen molar-refractivity contribution in [2.24, 2.45) is 12.0 Å². The summed E-state index contributed by atoms with van der Waals surface area (Å²) in [4.78, 5) is 23.8. The molecule has 0 saturated carbocycles. The molecule has 0 saturated heterocycles. The van der Waals surface area contributed by atoms with E-state index in [1.165, 1.54) is 19.5 Å². The predicted molar refractivity (Wildman–Crippen MR) is 128 cm³/mol. The molecule has 37 heavy (non-hydrogen) atoms. The highest BCUT2D eigenvalue weighted by atomic mass is 19.4. The Balaban J connectivity index is 1.63. The van der Waals surface area contributed by atoms with Gasteiger partial charge in [0.1, 0.15) is 6.26 Å². The molecule has 3 aromatic heterocycles. The fourth-order valence-electron chi connectivity index (χ4n) is 4.76. The van der Waals surface area contributed by atoms with Crippen LogP contribution in [0.4, 0.5) is 13.2 Å². The number of carbonyl (C=O) groups is 1. The third kappa shape index (κ3) is 4.81. The van der Waals surface area contributed by atoms with E-state index >= 15 is 0 Å². The number of aryl methyl sites for hydroxylation is 2. The number of alkyl halides is 3. The Bertz CT molecular complexity index is 1550. The molecule has 4 aromatic rings. The Morgan fingerprint density at radius 3 is 2.65 bits per heavy atom. The summed E-state index contributed by atoms with van der Waals surface area (Å²) in [6.45, 7) is 2.89. The van der Waals surface area contributed by atoms with Crippen LogP contribution in [0.5, 0.6) is 0 Å². The van der Waals surface area contributed by atoms with Gasteiger partial charge in [0.05, 0.1) is 18.8 Å². The van der Waals surface area contributed by atoms with Crippen molar-refractivity contribution in [2.75, 3.05) is 13.6 Å². The van der Waals surface area contributed by atoms with Crippen molar-refractivity contribution < 1.29 is 22.4 Å². The number of fused-ring (bicyclic) bond motifs is 1. The minimum Gasteiger partial charge on any atom is -0.432 e. The van der Waals surface area contributed by atoms with E-state index in [-0.39, 0.29) is 18.0 Å². The SMILES string of the molecule is CN=c1occn1Cc1cc2c(c(-c3cn(C)nc3C(F)(F)F)c1)CCN(Cc1cc(C)ccn1)C2=O. The molecular formula is C26H25F3N6O2. The summed E-state index contributed by atoms with van der Waals surface area (Å²) < 4.78 is 50.0. The average molecular weight is 511 g/mol. The van der Waals surface area contributed by atoms with E-state index in [0.717, 1.165) is 15.9 Å². The maximum Gasteiger partial charge on any atom is 0.435 e. The number of rotatable bonds is 5. The Morgan fingerprint density at radius 2 is 1.92 bits per heavy atom. The highest BCUT2D eigenvalue weighted by Crippen LogP contribution is 2.40. The van der Waals surface area contributed by atoms with E-state index in [0.29, 0.717) is 47.4 Å². The molecule has 0 fully saturated rings. The Kier molecular flexibility index (Phi) is 6.22. The Hall–Kier alpha value is -4.15. The number of carbonyl (C=O) groups excluding carboxylic acids is 1. The lowest BCUT2D eigenvalue weighted by molar-refractivity contribution is -0.140. The number of oxazole rings is 1. The molecule has 1 aliphatic rings. The minimum atomic E-state index is -4.64. The van der Waals surface area contributed by atoms with Gasteiger partial charge in [-0.2, -0.15) is 18.3 Å². The molecule has 0 bridgehead atoms. The van der Waals surface area contributed by atoms with Crippen molar-refractivity contribution in [3.8, 4) is 11.1 Å². The van der Waals surface area contributed by atoms with Crippen molar-refractivity contribution in [1.82, 2.24) is 24.2 Å². The number of amides is 1. The second-order valence-corrected chi connectivity index (χ2v) is 9.07. The number of aromatic nitrogens is 4. The van der Waals surface area contributed by atoms with Crippen molar-refractivity contribution >= 4 is 5.91 Å². The van der Waals surface area contributed by atoms with Gasteiger partial charge in [-0.3, -0.25) is 19.0 Å². The van der Waals surface area contributed by atoms with Crippen LogP contribution in [-0.4, -0.2) is 43.7 Å². The lowest BCUT2D eigenvalue weighted by Gasteiger charge is -2.30. The molecule has 11 heteroatoms. The highest BCUT2D eigenvalue weighted by molar-refractivity contribution is 5.99. The van der Waals surface area contributed by atoms with Crippen LogP contribution in [0.15, 0.2) is 58.5 Å². The summed E-state index contributed by atoms with van der Waals surface area (Å²) in [5, 5.41) is 3.69. The number of hydrogen-bond donors (Lipinski definition) is 0. The first-order chi connectivity index (χ1) is 17.6. The van der Waals surface area contributed by atoms with Crippen LogP contribution < -0.4 is 5.68 Å². The maximum absolute atomic E-state index is 13.9. The van der Waals surface area contributed by atoms with Crippen molar-refractivity contribution in [1.29, 1.82) is 0 Å². The van der Waals surface area contributed by atoms with Gasteiger partial charge >= 0.3 is 6.18 Å². The minimum absolute atomic E-state index is 0.0488. The van der Waals surface area contributed by atoms with Gasteiger partial charge in [0.15, 0.2) is 5.69 Å². The molecule has 0 unspecified atom stereocenters. The predicted octanol–water partition coefficient (Wildman–Crippen LogP) is 3.98. The normalized spacial score (nSPS) is 14.4. The third-order valence-corrected chi connectivity index (χ3v) is 6.38. The maximum atomic E-state index is 13.9. The first kappa shape index (κ1) is 24.5. The summed E-state index contributed by atoms with van der Waals surface area (Å²) in [7, 11) is 3.03. The lowest BCUT2D eigenvalue weighted by Crippen LogP contribution is -2.37. The molecule has 1 amide bonds. The van der Waals surface area contributed by atoms with Crippen LogP contribution in [0.2, 0.25) is 0 Å². The topological polar surface area (TPSA) is 81.4 Å². The second kappa shape index (κ2) is 9.38. The molecule has 4 heterocycles. The number of halogens is 3. The van der Waals surface area contributed by atoms with E-state index in [2.05, 4.69) is 15.1 Å². The van der Waals surface area contributed by atoms with Gasteiger partial charge in [-0.15, -0.1) is 0 Å². The molecule has 0 atom stereocenters. The number of nitrogens with zero attached hydrogens (tertiary/aromatic N) is 6. The smallest absolute Gasteiger partial charge is 0.432 e. The summed E-state index contributed by atoms with van der Waals surface area (Å²) >= 11 is 0. The molecule has 8 nitrogen and oxygen atoms in total. The quantitative estimate of drug-likeness (QED) is 0.407. The van der Waals surface area contributed by atoms with Gasteiger partial charge in [-0.05, 0) is 59.9 Å². The van der Waals surface area contributed by atoms with E-state index in [9.17, 15) is 18.0 Å². The molecule has 1 aliphatic heterocycles. The molecule has 0 N–H and O–H groups in total. The standard InChI is InChI=1S/C26H25F3N6O2/c1-16-4-6-31-18(10-16)14-34-7-5-19-20(22-15-33(3)32-23(22)26(27,28)29)11-17(12-21(19)24(34)36)13-35-8-9-37-25(35)30-2/h4,6,8-12,15H,5,7,13-14H2,1-3H3. The zero-order chi connectivity index (χ0) is 26.3. The van der Waals surface area contributed by atoms with Gasteiger partial charge in [0.25, 0.3) is 11.6 Å². The fourth-order valence-corrected chi connectivity index (χ4v) is 4.76. The molecule has 5 rings (SSSR count). The number of hydrogen-bond acceptors (Lipinski definition) is 5. The number of pyridine rings is 1. The summed E-state index contributed by atoms with van der Waals surface area (Å²) in [5.41, 5.74) is 3.07. The monoisotopic (exact) mass is 510 g/mol. The van der Waals surface area contributed by atoms with Gasteiger partial charge in [0, 0.05) is 50.4 Å². The van der Waals surface area contributed by atoms with Crippen LogP contribution in [0.25, 0.3) is 11.1 Å². The highest BCUT2D eigenvalue weighted by Gasteiger charge is 2.39. The van der Waals surface area contributed by atoms with Gasteiger partial charge in [-0.1, -0.05) is 0 Å². The Morgan fingerprint density at radius 1 is 1.14 bits per heavy atom. The van der Waals surface area contributed by atoms with Crippen LogP contribution in [0, 0.1) is 6.92 Å².